The van der Waals surface area contributed by atoms with Gasteiger partial charge in [0.15, 0.2) is 0 Å². The molecule has 0 aliphatic carbocycles. The van der Waals surface area contributed by atoms with E-state index < -0.39 is 0 Å². The lowest BCUT2D eigenvalue weighted by atomic mass is 9.95. The second kappa shape index (κ2) is 6.36. The first-order valence-corrected chi connectivity index (χ1v) is 6.50. The third-order valence-electron chi connectivity index (χ3n) is 3.16. The predicted molar refractivity (Wildman–Crippen MR) is 74.2 cm³/mol. The zero-order chi connectivity index (χ0) is 12.8. The summed E-state index contributed by atoms with van der Waals surface area (Å²) in [6.45, 7) is 4.29. The monoisotopic (exact) mass is 244 g/mol. The Morgan fingerprint density at radius 3 is 3.22 bits per heavy atom. The van der Waals surface area contributed by atoms with Gasteiger partial charge in [-0.2, -0.15) is 0 Å². The van der Waals surface area contributed by atoms with Crippen LogP contribution in [0.1, 0.15) is 30.0 Å². The SMILES string of the molecule is CC(=O)NCCC=Cc1cccc2c1CCNC2. The van der Waals surface area contributed by atoms with E-state index in [0.29, 0.717) is 6.54 Å². The maximum absolute atomic E-state index is 10.7. The summed E-state index contributed by atoms with van der Waals surface area (Å²) in [5, 5.41) is 6.18. The molecule has 0 radical (unpaired) electrons. The lowest BCUT2D eigenvalue weighted by molar-refractivity contribution is -0.118. The highest BCUT2D eigenvalue weighted by Gasteiger charge is 2.10. The van der Waals surface area contributed by atoms with Crippen molar-refractivity contribution in [2.45, 2.75) is 26.3 Å². The molecular weight excluding hydrogens is 224 g/mol. The lowest BCUT2D eigenvalue weighted by Crippen LogP contribution is -2.24. The van der Waals surface area contributed by atoms with Gasteiger partial charge in [0.1, 0.15) is 0 Å². The van der Waals surface area contributed by atoms with Gasteiger partial charge in [-0.15, -0.1) is 0 Å². The Morgan fingerprint density at radius 1 is 1.50 bits per heavy atom. The van der Waals surface area contributed by atoms with Crippen molar-refractivity contribution in [3.63, 3.8) is 0 Å². The van der Waals surface area contributed by atoms with Crippen molar-refractivity contribution >= 4 is 12.0 Å². The number of nitrogens with one attached hydrogen (secondary N) is 2. The minimum absolute atomic E-state index is 0.0339. The van der Waals surface area contributed by atoms with Crippen LogP contribution in [0.5, 0.6) is 0 Å². The van der Waals surface area contributed by atoms with Crippen LogP contribution in [-0.2, 0) is 17.8 Å². The average molecular weight is 244 g/mol. The van der Waals surface area contributed by atoms with Crippen LogP contribution in [0.2, 0.25) is 0 Å². The van der Waals surface area contributed by atoms with Gasteiger partial charge < -0.3 is 10.6 Å². The van der Waals surface area contributed by atoms with Crippen molar-refractivity contribution in [1.82, 2.24) is 10.6 Å². The third kappa shape index (κ3) is 3.44. The van der Waals surface area contributed by atoms with E-state index in [2.05, 4.69) is 41.0 Å². The van der Waals surface area contributed by atoms with Crippen LogP contribution in [-0.4, -0.2) is 19.0 Å². The number of hydrogen-bond acceptors (Lipinski definition) is 2. The minimum atomic E-state index is 0.0339. The maximum Gasteiger partial charge on any atom is 0.216 e. The zero-order valence-corrected chi connectivity index (χ0v) is 10.8. The van der Waals surface area contributed by atoms with Gasteiger partial charge >= 0.3 is 0 Å². The summed E-state index contributed by atoms with van der Waals surface area (Å²) in [5.74, 6) is 0.0339. The second-order valence-corrected chi connectivity index (χ2v) is 4.59. The Hall–Kier alpha value is -1.61. The molecule has 1 heterocycles. The topological polar surface area (TPSA) is 41.1 Å². The van der Waals surface area contributed by atoms with Gasteiger partial charge in [-0.1, -0.05) is 30.4 Å². The van der Waals surface area contributed by atoms with E-state index in [1.54, 1.807) is 6.92 Å². The van der Waals surface area contributed by atoms with Crippen LogP contribution < -0.4 is 10.6 Å². The highest BCUT2D eigenvalue weighted by molar-refractivity contribution is 5.72. The molecule has 3 nitrogen and oxygen atoms in total. The molecule has 0 fully saturated rings. The number of carbonyl (C=O) groups is 1. The average Bonchev–Trinajstić information content (AvgIpc) is 2.38. The first-order valence-electron chi connectivity index (χ1n) is 6.50. The third-order valence-corrected chi connectivity index (χ3v) is 3.16. The molecule has 0 unspecified atom stereocenters. The molecule has 0 bridgehead atoms. The predicted octanol–water partition coefficient (Wildman–Crippen LogP) is 1.87. The van der Waals surface area contributed by atoms with E-state index in [1.807, 2.05) is 0 Å². The van der Waals surface area contributed by atoms with Crippen molar-refractivity contribution in [3.05, 3.63) is 41.0 Å². The van der Waals surface area contributed by atoms with Gasteiger partial charge in [0, 0.05) is 20.0 Å². The smallest absolute Gasteiger partial charge is 0.216 e. The molecule has 0 atom stereocenters. The molecule has 0 aromatic heterocycles. The minimum Gasteiger partial charge on any atom is -0.356 e. The molecule has 0 spiro atoms. The number of rotatable bonds is 4. The Balaban J connectivity index is 1.96. The normalized spacial score (nSPS) is 14.5. The number of fused-ring (bicyclic) bond motifs is 1. The second-order valence-electron chi connectivity index (χ2n) is 4.59. The molecule has 1 amide bonds. The van der Waals surface area contributed by atoms with Crippen LogP contribution in [0.3, 0.4) is 0 Å². The van der Waals surface area contributed by atoms with E-state index in [0.717, 1.165) is 25.9 Å². The van der Waals surface area contributed by atoms with Crippen molar-refractivity contribution in [2.24, 2.45) is 0 Å². The zero-order valence-electron chi connectivity index (χ0n) is 10.8. The molecule has 2 rings (SSSR count). The van der Waals surface area contributed by atoms with Crippen molar-refractivity contribution in [3.8, 4) is 0 Å². The first kappa shape index (κ1) is 12.8. The fourth-order valence-electron chi connectivity index (χ4n) is 2.26. The quantitative estimate of drug-likeness (QED) is 0.794. The number of amides is 1. The van der Waals surface area contributed by atoms with Crippen LogP contribution in [0, 0.1) is 0 Å². The lowest BCUT2D eigenvalue weighted by Gasteiger charge is -2.18. The van der Waals surface area contributed by atoms with Gasteiger partial charge in [-0.25, -0.2) is 0 Å². The first-order chi connectivity index (χ1) is 8.77. The van der Waals surface area contributed by atoms with Gasteiger partial charge in [-0.3, -0.25) is 4.79 Å². The number of benzene rings is 1. The van der Waals surface area contributed by atoms with E-state index in [1.165, 1.54) is 16.7 Å². The van der Waals surface area contributed by atoms with Gasteiger partial charge in [0.2, 0.25) is 5.91 Å². The van der Waals surface area contributed by atoms with Crippen molar-refractivity contribution in [2.75, 3.05) is 13.1 Å². The Kier molecular flexibility index (Phi) is 4.53. The van der Waals surface area contributed by atoms with E-state index >= 15 is 0 Å². The molecule has 0 saturated heterocycles. The molecule has 3 heteroatoms. The largest absolute Gasteiger partial charge is 0.356 e. The summed E-state index contributed by atoms with van der Waals surface area (Å²) in [6, 6.07) is 6.47. The standard InChI is InChI=1S/C15H20N2O/c1-12(18)17-9-3-2-5-13-6-4-7-14-11-16-10-8-15(13)14/h2,4-7,16H,3,8-11H2,1H3,(H,17,18). The molecule has 1 aliphatic heterocycles. The highest BCUT2D eigenvalue weighted by atomic mass is 16.1. The summed E-state index contributed by atoms with van der Waals surface area (Å²) < 4.78 is 0. The molecule has 1 aliphatic rings. The van der Waals surface area contributed by atoms with Crippen molar-refractivity contribution < 1.29 is 4.79 Å². The molecule has 1 aromatic rings. The van der Waals surface area contributed by atoms with Crippen LogP contribution >= 0.6 is 0 Å². The molecule has 1 aromatic carbocycles. The molecule has 0 saturated carbocycles. The summed E-state index contributed by atoms with van der Waals surface area (Å²) in [5.41, 5.74) is 4.19. The molecular formula is C15H20N2O. The molecule has 18 heavy (non-hydrogen) atoms. The van der Waals surface area contributed by atoms with E-state index in [9.17, 15) is 4.79 Å². The van der Waals surface area contributed by atoms with E-state index in [4.69, 9.17) is 0 Å². The molecule has 2 N–H and O–H groups in total. The van der Waals surface area contributed by atoms with Gasteiger partial charge in [0.25, 0.3) is 0 Å². The maximum atomic E-state index is 10.7. The number of carbonyl (C=O) groups excluding carboxylic acids is 1. The molecule has 96 valence electrons. The van der Waals surface area contributed by atoms with Crippen LogP contribution in [0.15, 0.2) is 24.3 Å². The number of hydrogen-bond donors (Lipinski definition) is 2. The summed E-state index contributed by atoms with van der Waals surface area (Å²) in [6.07, 6.45) is 6.28. The fraction of sp³-hybridized carbons (Fsp3) is 0.400. The van der Waals surface area contributed by atoms with Crippen LogP contribution in [0.25, 0.3) is 6.08 Å². The van der Waals surface area contributed by atoms with E-state index in [-0.39, 0.29) is 5.91 Å². The highest BCUT2D eigenvalue weighted by Crippen LogP contribution is 2.19. The van der Waals surface area contributed by atoms with Gasteiger partial charge in [0.05, 0.1) is 0 Å². The van der Waals surface area contributed by atoms with Crippen molar-refractivity contribution in [1.29, 1.82) is 0 Å². The van der Waals surface area contributed by atoms with Crippen LogP contribution in [0.4, 0.5) is 0 Å². The Labute approximate surface area is 108 Å². The summed E-state index contributed by atoms with van der Waals surface area (Å²) in [7, 11) is 0. The van der Waals surface area contributed by atoms with Gasteiger partial charge in [-0.05, 0) is 36.1 Å². The Morgan fingerprint density at radius 2 is 2.39 bits per heavy atom. The summed E-state index contributed by atoms with van der Waals surface area (Å²) >= 11 is 0. The Bertz CT molecular complexity index is 452. The fourth-order valence-corrected chi connectivity index (χ4v) is 2.26. The summed E-state index contributed by atoms with van der Waals surface area (Å²) in [4.78, 5) is 10.7.